The van der Waals surface area contributed by atoms with E-state index in [0.717, 1.165) is 23.7 Å². The second kappa shape index (κ2) is 4.30. The fourth-order valence-corrected chi connectivity index (χ4v) is 2.84. The van der Waals surface area contributed by atoms with E-state index in [1.807, 2.05) is 0 Å². The molecule has 0 nitrogen and oxygen atoms in total. The van der Waals surface area contributed by atoms with Gasteiger partial charge in [-0.25, -0.2) is 0 Å². The Morgan fingerprint density at radius 3 is 2.25 bits per heavy atom. The van der Waals surface area contributed by atoms with Gasteiger partial charge in [0.15, 0.2) is 0 Å². The van der Waals surface area contributed by atoms with Gasteiger partial charge in [-0.2, -0.15) is 0 Å². The van der Waals surface area contributed by atoms with E-state index in [4.69, 9.17) is 0 Å². The summed E-state index contributed by atoms with van der Waals surface area (Å²) in [5.74, 6) is 3.89. The molecule has 1 aliphatic rings. The Kier molecular flexibility index (Phi) is 3.61. The van der Waals surface area contributed by atoms with Gasteiger partial charge in [0.25, 0.3) is 0 Å². The van der Waals surface area contributed by atoms with Gasteiger partial charge in [-0.15, -0.1) is 0 Å². The van der Waals surface area contributed by atoms with Crippen LogP contribution in [0.15, 0.2) is 0 Å². The second-order valence-corrected chi connectivity index (χ2v) is 5.23. The van der Waals surface area contributed by atoms with Crippen molar-refractivity contribution in [2.24, 2.45) is 23.7 Å². The van der Waals surface area contributed by atoms with Crippen LogP contribution in [0.1, 0.15) is 53.4 Å². The smallest absolute Gasteiger partial charge is 0.0363 e. The minimum Gasteiger partial charge on any atom is -0.0628 e. The van der Waals surface area contributed by atoms with E-state index in [2.05, 4.69) is 27.7 Å². The van der Waals surface area contributed by atoms with Gasteiger partial charge in [0.05, 0.1) is 0 Å². The number of hydrogen-bond donors (Lipinski definition) is 0. The van der Waals surface area contributed by atoms with Gasteiger partial charge >= 0.3 is 0 Å². The van der Waals surface area contributed by atoms with Gasteiger partial charge in [0.2, 0.25) is 0 Å². The quantitative estimate of drug-likeness (QED) is 0.595. The predicted molar refractivity (Wildman–Crippen MR) is 55.1 cm³/mol. The van der Waals surface area contributed by atoms with Crippen molar-refractivity contribution in [3.63, 3.8) is 0 Å². The Morgan fingerprint density at radius 2 is 1.75 bits per heavy atom. The van der Waals surface area contributed by atoms with E-state index in [-0.39, 0.29) is 0 Å². The lowest BCUT2D eigenvalue weighted by Crippen LogP contribution is -2.15. The van der Waals surface area contributed by atoms with Crippen LogP contribution < -0.4 is 0 Å². The van der Waals surface area contributed by atoms with Crippen molar-refractivity contribution in [1.29, 1.82) is 0 Å². The topological polar surface area (TPSA) is 0 Å². The molecular weight excluding hydrogens is 144 g/mol. The molecule has 0 aromatic carbocycles. The van der Waals surface area contributed by atoms with Crippen molar-refractivity contribution in [3.05, 3.63) is 0 Å². The molecular formula is C12H24. The summed E-state index contributed by atoms with van der Waals surface area (Å²) in [5, 5.41) is 0. The maximum absolute atomic E-state index is 2.39. The third-order valence-electron chi connectivity index (χ3n) is 3.35. The van der Waals surface area contributed by atoms with Gasteiger partial charge in [0, 0.05) is 0 Å². The van der Waals surface area contributed by atoms with Gasteiger partial charge < -0.3 is 0 Å². The maximum Gasteiger partial charge on any atom is -0.0363 e. The summed E-state index contributed by atoms with van der Waals surface area (Å²) >= 11 is 0. The summed E-state index contributed by atoms with van der Waals surface area (Å²) in [6.07, 6.45) is 5.94. The Labute approximate surface area is 77.7 Å². The molecule has 0 amide bonds. The Morgan fingerprint density at radius 1 is 1.08 bits per heavy atom. The maximum atomic E-state index is 2.39. The lowest BCUT2D eigenvalue weighted by Gasteiger charge is -2.24. The highest BCUT2D eigenvalue weighted by Gasteiger charge is 2.29. The number of rotatable bonds is 3. The van der Waals surface area contributed by atoms with E-state index < -0.39 is 0 Å². The van der Waals surface area contributed by atoms with Crippen LogP contribution in [0.25, 0.3) is 0 Å². The molecule has 72 valence electrons. The van der Waals surface area contributed by atoms with Crippen molar-refractivity contribution in [3.8, 4) is 0 Å². The molecule has 0 heterocycles. The zero-order valence-electron chi connectivity index (χ0n) is 9.14. The average molecular weight is 168 g/mol. The van der Waals surface area contributed by atoms with Crippen molar-refractivity contribution >= 4 is 0 Å². The minimum atomic E-state index is 0.898. The highest BCUT2D eigenvalue weighted by atomic mass is 14.3. The van der Waals surface area contributed by atoms with Crippen LogP contribution in [0.4, 0.5) is 0 Å². The van der Waals surface area contributed by atoms with Gasteiger partial charge in [-0.1, -0.05) is 40.5 Å². The Hall–Kier alpha value is 0. The van der Waals surface area contributed by atoms with E-state index >= 15 is 0 Å². The molecule has 0 saturated heterocycles. The summed E-state index contributed by atoms with van der Waals surface area (Å²) in [4.78, 5) is 0. The van der Waals surface area contributed by atoms with Crippen molar-refractivity contribution in [2.75, 3.05) is 0 Å². The normalized spacial score (nSPS) is 30.5. The van der Waals surface area contributed by atoms with Gasteiger partial charge in [0.1, 0.15) is 0 Å². The van der Waals surface area contributed by atoms with E-state index in [0.29, 0.717) is 0 Å². The summed E-state index contributed by atoms with van der Waals surface area (Å²) < 4.78 is 0. The Bertz CT molecular complexity index is 124. The highest BCUT2D eigenvalue weighted by molar-refractivity contribution is 4.80. The second-order valence-electron chi connectivity index (χ2n) is 5.23. The zero-order valence-corrected chi connectivity index (χ0v) is 9.14. The van der Waals surface area contributed by atoms with Crippen LogP contribution >= 0.6 is 0 Å². The predicted octanol–water partition coefficient (Wildman–Crippen LogP) is 4.10. The molecule has 1 rings (SSSR count). The molecule has 2 unspecified atom stereocenters. The average Bonchev–Trinajstić information content (AvgIpc) is 2.33. The van der Waals surface area contributed by atoms with Crippen molar-refractivity contribution < 1.29 is 0 Å². The molecule has 0 aliphatic heterocycles. The van der Waals surface area contributed by atoms with E-state index in [9.17, 15) is 0 Å². The SMILES string of the molecule is CC(C)CC1CCCC1C(C)C. The third-order valence-corrected chi connectivity index (χ3v) is 3.35. The third kappa shape index (κ3) is 2.50. The molecule has 0 aromatic heterocycles. The zero-order chi connectivity index (χ0) is 9.14. The molecule has 0 bridgehead atoms. The first-order chi connectivity index (χ1) is 5.61. The molecule has 0 aromatic rings. The first kappa shape index (κ1) is 10.1. The lowest BCUT2D eigenvalue weighted by atomic mass is 9.82. The lowest BCUT2D eigenvalue weighted by molar-refractivity contribution is 0.258. The summed E-state index contributed by atoms with van der Waals surface area (Å²) in [6.45, 7) is 9.50. The molecule has 0 heteroatoms. The molecule has 0 N–H and O–H groups in total. The van der Waals surface area contributed by atoms with Gasteiger partial charge in [-0.05, 0) is 36.5 Å². The fraction of sp³-hybridized carbons (Fsp3) is 1.00. The monoisotopic (exact) mass is 168 g/mol. The van der Waals surface area contributed by atoms with Crippen molar-refractivity contribution in [1.82, 2.24) is 0 Å². The minimum absolute atomic E-state index is 0.898. The highest BCUT2D eigenvalue weighted by Crippen LogP contribution is 2.40. The Balaban J connectivity index is 2.41. The summed E-state index contributed by atoms with van der Waals surface area (Å²) in [7, 11) is 0. The summed E-state index contributed by atoms with van der Waals surface area (Å²) in [6, 6.07) is 0. The molecule has 12 heavy (non-hydrogen) atoms. The van der Waals surface area contributed by atoms with E-state index in [1.165, 1.54) is 25.7 Å². The molecule has 0 spiro atoms. The largest absolute Gasteiger partial charge is 0.0628 e. The molecule has 1 saturated carbocycles. The van der Waals surface area contributed by atoms with E-state index in [1.54, 1.807) is 0 Å². The van der Waals surface area contributed by atoms with Crippen LogP contribution in [0.2, 0.25) is 0 Å². The van der Waals surface area contributed by atoms with Crippen LogP contribution in [0.3, 0.4) is 0 Å². The standard InChI is InChI=1S/C12H24/c1-9(2)8-11-6-5-7-12(11)10(3)4/h9-12H,5-8H2,1-4H3. The molecule has 1 aliphatic carbocycles. The van der Waals surface area contributed by atoms with Crippen LogP contribution in [-0.4, -0.2) is 0 Å². The fourth-order valence-electron chi connectivity index (χ4n) is 2.84. The first-order valence-corrected chi connectivity index (χ1v) is 5.61. The molecule has 0 radical (unpaired) electrons. The number of hydrogen-bond acceptors (Lipinski definition) is 0. The molecule has 1 fully saturated rings. The van der Waals surface area contributed by atoms with Crippen LogP contribution in [0.5, 0.6) is 0 Å². The van der Waals surface area contributed by atoms with Crippen molar-refractivity contribution in [2.45, 2.75) is 53.4 Å². The molecule has 2 atom stereocenters. The van der Waals surface area contributed by atoms with Crippen LogP contribution in [-0.2, 0) is 0 Å². The van der Waals surface area contributed by atoms with Gasteiger partial charge in [-0.3, -0.25) is 0 Å². The van der Waals surface area contributed by atoms with Crippen LogP contribution in [0, 0.1) is 23.7 Å². The summed E-state index contributed by atoms with van der Waals surface area (Å²) in [5.41, 5.74) is 0. The first-order valence-electron chi connectivity index (χ1n) is 5.61.